The molecule has 3 N–H and O–H groups in total. The molecule has 0 spiro atoms. The summed E-state index contributed by atoms with van der Waals surface area (Å²) in [6.07, 6.45) is 5.32. The number of rotatable bonds is 6. The summed E-state index contributed by atoms with van der Waals surface area (Å²) in [6, 6.07) is 7.56. The zero-order valence-corrected chi connectivity index (χ0v) is 15.7. The fourth-order valence-electron chi connectivity index (χ4n) is 2.73. The number of ether oxygens (including phenoxy) is 2. The molecule has 1 aromatic rings. The van der Waals surface area contributed by atoms with Crippen LogP contribution in [0.4, 0.5) is 0 Å². The molecule has 0 heterocycles. The van der Waals surface area contributed by atoms with Gasteiger partial charge in [-0.25, -0.2) is 0 Å². The van der Waals surface area contributed by atoms with Crippen molar-refractivity contribution in [3.8, 4) is 11.5 Å². The van der Waals surface area contributed by atoms with E-state index in [-0.39, 0.29) is 5.91 Å². The number of hydrogen-bond donors (Lipinski definition) is 3. The Labute approximate surface area is 154 Å². The summed E-state index contributed by atoms with van der Waals surface area (Å²) in [5.74, 6) is 1.09. The number of thiocarbonyl (C=S) groups is 1. The summed E-state index contributed by atoms with van der Waals surface area (Å²) in [7, 11) is 0. The Morgan fingerprint density at radius 1 is 1.16 bits per heavy atom. The van der Waals surface area contributed by atoms with Gasteiger partial charge in [-0.15, -0.1) is 0 Å². The second-order valence-corrected chi connectivity index (χ2v) is 6.50. The Balaban J connectivity index is 1.71. The van der Waals surface area contributed by atoms with Crippen LogP contribution in [0.5, 0.6) is 11.5 Å². The minimum Gasteiger partial charge on any atom is -0.494 e. The van der Waals surface area contributed by atoms with Gasteiger partial charge in [-0.3, -0.25) is 15.6 Å². The van der Waals surface area contributed by atoms with E-state index >= 15 is 0 Å². The number of carbonyl (C=O) groups excluding carboxylic acids is 1. The number of amides is 1. The van der Waals surface area contributed by atoms with Crippen LogP contribution in [0.1, 0.15) is 46.0 Å². The molecule has 7 heteroatoms. The molecule has 1 saturated carbocycles. The molecule has 0 aliphatic heterocycles. The van der Waals surface area contributed by atoms with E-state index in [1.54, 1.807) is 19.1 Å². The van der Waals surface area contributed by atoms with Gasteiger partial charge in [0.05, 0.1) is 6.61 Å². The lowest BCUT2D eigenvalue weighted by Crippen LogP contribution is -2.52. The number of hydrazine groups is 1. The van der Waals surface area contributed by atoms with Crippen molar-refractivity contribution in [2.45, 2.75) is 58.1 Å². The molecule has 1 aliphatic rings. The van der Waals surface area contributed by atoms with Gasteiger partial charge in [0, 0.05) is 6.04 Å². The third-order valence-corrected chi connectivity index (χ3v) is 4.28. The standard InChI is InChI=1S/C18H27N3O3S/c1-3-23-15-9-11-16(12-10-15)24-13(2)17(22)20-21-18(25)19-14-7-5-4-6-8-14/h9-14H,3-8H2,1-2H3,(H,20,22)(H2,19,21,25)/t13-/m0/s1. The molecule has 1 aliphatic carbocycles. The molecule has 0 aromatic heterocycles. The first-order valence-electron chi connectivity index (χ1n) is 8.84. The van der Waals surface area contributed by atoms with Crippen LogP contribution in [0.15, 0.2) is 24.3 Å². The molecule has 1 atom stereocenters. The van der Waals surface area contributed by atoms with Gasteiger partial charge < -0.3 is 14.8 Å². The quantitative estimate of drug-likeness (QED) is 0.532. The van der Waals surface area contributed by atoms with Gasteiger partial charge in [0.15, 0.2) is 11.2 Å². The molecule has 25 heavy (non-hydrogen) atoms. The van der Waals surface area contributed by atoms with Gasteiger partial charge in [0.25, 0.3) is 5.91 Å². The Bertz CT molecular complexity index is 559. The molecule has 0 unspecified atom stereocenters. The lowest BCUT2D eigenvalue weighted by Gasteiger charge is -2.24. The highest BCUT2D eigenvalue weighted by Crippen LogP contribution is 2.19. The van der Waals surface area contributed by atoms with Crippen LogP contribution >= 0.6 is 12.2 Å². The van der Waals surface area contributed by atoms with E-state index < -0.39 is 6.10 Å². The summed E-state index contributed by atoms with van der Waals surface area (Å²) in [4.78, 5) is 12.1. The van der Waals surface area contributed by atoms with E-state index in [1.165, 1.54) is 19.3 Å². The summed E-state index contributed by atoms with van der Waals surface area (Å²) in [6.45, 7) is 4.22. The number of benzene rings is 1. The monoisotopic (exact) mass is 365 g/mol. The first-order valence-corrected chi connectivity index (χ1v) is 9.25. The number of carbonyl (C=O) groups is 1. The van der Waals surface area contributed by atoms with Gasteiger partial charge in [-0.2, -0.15) is 0 Å². The highest BCUT2D eigenvalue weighted by Gasteiger charge is 2.17. The zero-order chi connectivity index (χ0) is 18.1. The minimum absolute atomic E-state index is 0.290. The van der Waals surface area contributed by atoms with Gasteiger partial charge in [-0.1, -0.05) is 19.3 Å². The van der Waals surface area contributed by atoms with Crippen molar-refractivity contribution < 1.29 is 14.3 Å². The predicted molar refractivity (Wildman–Crippen MR) is 102 cm³/mol. The maximum absolute atomic E-state index is 12.1. The normalized spacial score (nSPS) is 15.8. The predicted octanol–water partition coefficient (Wildman–Crippen LogP) is 2.68. The van der Waals surface area contributed by atoms with E-state index in [0.717, 1.165) is 18.6 Å². The van der Waals surface area contributed by atoms with Crippen LogP contribution in [-0.2, 0) is 4.79 Å². The van der Waals surface area contributed by atoms with E-state index in [4.69, 9.17) is 21.7 Å². The van der Waals surface area contributed by atoms with E-state index in [0.29, 0.717) is 23.5 Å². The smallest absolute Gasteiger partial charge is 0.279 e. The summed E-state index contributed by atoms with van der Waals surface area (Å²) >= 11 is 5.22. The Hall–Kier alpha value is -2.02. The largest absolute Gasteiger partial charge is 0.494 e. The van der Waals surface area contributed by atoms with E-state index in [2.05, 4.69) is 16.2 Å². The maximum atomic E-state index is 12.1. The Morgan fingerprint density at radius 2 is 1.80 bits per heavy atom. The van der Waals surface area contributed by atoms with Crippen LogP contribution < -0.4 is 25.6 Å². The van der Waals surface area contributed by atoms with Crippen LogP contribution in [0.3, 0.4) is 0 Å². The molecular formula is C18H27N3O3S. The van der Waals surface area contributed by atoms with Crippen molar-refractivity contribution in [1.29, 1.82) is 0 Å². The van der Waals surface area contributed by atoms with Crippen molar-refractivity contribution in [1.82, 2.24) is 16.2 Å². The second kappa shape index (κ2) is 10.1. The molecule has 6 nitrogen and oxygen atoms in total. The fraction of sp³-hybridized carbons (Fsp3) is 0.556. The van der Waals surface area contributed by atoms with Crippen molar-refractivity contribution >= 4 is 23.2 Å². The molecule has 0 saturated heterocycles. The Morgan fingerprint density at radius 3 is 2.44 bits per heavy atom. The number of nitrogens with one attached hydrogen (secondary N) is 3. The maximum Gasteiger partial charge on any atom is 0.279 e. The molecular weight excluding hydrogens is 338 g/mol. The number of hydrogen-bond acceptors (Lipinski definition) is 4. The van der Waals surface area contributed by atoms with Crippen LogP contribution in [0.25, 0.3) is 0 Å². The molecule has 0 bridgehead atoms. The first kappa shape index (κ1) is 19.3. The van der Waals surface area contributed by atoms with E-state index in [9.17, 15) is 4.79 Å². The summed E-state index contributed by atoms with van der Waals surface area (Å²) < 4.78 is 11.0. The average molecular weight is 365 g/mol. The lowest BCUT2D eigenvalue weighted by molar-refractivity contribution is -0.127. The highest BCUT2D eigenvalue weighted by atomic mass is 32.1. The van der Waals surface area contributed by atoms with Gasteiger partial charge in [0.1, 0.15) is 11.5 Å². The van der Waals surface area contributed by atoms with Gasteiger partial charge >= 0.3 is 0 Å². The van der Waals surface area contributed by atoms with Crippen LogP contribution in [-0.4, -0.2) is 29.8 Å². The fourth-order valence-corrected chi connectivity index (χ4v) is 2.94. The first-order chi connectivity index (χ1) is 12.1. The molecule has 1 aromatic carbocycles. The van der Waals surface area contributed by atoms with Crippen molar-refractivity contribution in [2.24, 2.45) is 0 Å². The molecule has 1 fully saturated rings. The van der Waals surface area contributed by atoms with E-state index in [1.807, 2.05) is 19.1 Å². The average Bonchev–Trinajstić information content (AvgIpc) is 2.62. The van der Waals surface area contributed by atoms with Crippen LogP contribution in [0, 0.1) is 0 Å². The zero-order valence-electron chi connectivity index (χ0n) is 14.8. The topological polar surface area (TPSA) is 71.6 Å². The Kier molecular flexibility index (Phi) is 7.78. The van der Waals surface area contributed by atoms with Crippen LogP contribution in [0.2, 0.25) is 0 Å². The van der Waals surface area contributed by atoms with Crippen molar-refractivity contribution in [2.75, 3.05) is 6.61 Å². The third-order valence-electron chi connectivity index (χ3n) is 4.06. The summed E-state index contributed by atoms with van der Waals surface area (Å²) in [5, 5.41) is 3.67. The third kappa shape index (κ3) is 6.78. The highest BCUT2D eigenvalue weighted by molar-refractivity contribution is 7.80. The molecule has 0 radical (unpaired) electrons. The second-order valence-electron chi connectivity index (χ2n) is 6.09. The molecule has 138 valence electrons. The van der Waals surface area contributed by atoms with Crippen molar-refractivity contribution in [3.05, 3.63) is 24.3 Å². The molecule has 1 amide bonds. The van der Waals surface area contributed by atoms with Crippen molar-refractivity contribution in [3.63, 3.8) is 0 Å². The SMILES string of the molecule is CCOc1ccc(O[C@@H](C)C(=O)NNC(=S)NC2CCCCC2)cc1. The minimum atomic E-state index is -0.650. The lowest BCUT2D eigenvalue weighted by atomic mass is 9.96. The van der Waals surface area contributed by atoms with Gasteiger partial charge in [-0.05, 0) is 63.2 Å². The van der Waals surface area contributed by atoms with Gasteiger partial charge in [0.2, 0.25) is 0 Å². The summed E-state index contributed by atoms with van der Waals surface area (Å²) in [5.41, 5.74) is 5.32. The molecule has 2 rings (SSSR count).